The summed E-state index contributed by atoms with van der Waals surface area (Å²) in [6.07, 6.45) is -8.25. The molecule has 0 atom stereocenters. The van der Waals surface area contributed by atoms with Gasteiger partial charge in [-0.1, -0.05) is 0 Å². The number of halogens is 5. The average Bonchev–Trinajstić information content (AvgIpc) is 1.82. The van der Waals surface area contributed by atoms with E-state index >= 15 is 0 Å². The quantitative estimate of drug-likeness (QED) is 0.645. The van der Waals surface area contributed by atoms with E-state index in [9.17, 15) is 22.0 Å². The van der Waals surface area contributed by atoms with E-state index in [1.165, 1.54) is 6.92 Å². The summed E-state index contributed by atoms with van der Waals surface area (Å²) in [5.74, 6) is 0. The van der Waals surface area contributed by atoms with Crippen LogP contribution < -0.4 is 0 Å². The van der Waals surface area contributed by atoms with E-state index < -0.39 is 25.5 Å². The number of hydrogen-bond acceptors (Lipinski definition) is 2. The van der Waals surface area contributed by atoms with Gasteiger partial charge in [0.05, 0.1) is 6.61 Å². The lowest BCUT2D eigenvalue weighted by Crippen LogP contribution is -2.30. The monoisotopic (exact) mass is 208 g/mol. The van der Waals surface area contributed by atoms with Gasteiger partial charge in [-0.25, -0.2) is 0 Å². The Morgan fingerprint density at radius 1 is 1.00 bits per heavy atom. The van der Waals surface area contributed by atoms with E-state index in [0.717, 1.165) is 0 Å². The molecule has 0 fully saturated rings. The summed E-state index contributed by atoms with van der Waals surface area (Å²) in [4.78, 5) is 0. The molecule has 0 heterocycles. The van der Waals surface area contributed by atoms with Crippen LogP contribution in [0.4, 0.5) is 22.0 Å². The molecular formula is C6H9F5O2. The van der Waals surface area contributed by atoms with Gasteiger partial charge in [-0.05, 0) is 6.92 Å². The van der Waals surface area contributed by atoms with Crippen LogP contribution in [0.3, 0.4) is 0 Å². The lowest BCUT2D eigenvalue weighted by atomic mass is 10.6. The molecule has 0 saturated carbocycles. The van der Waals surface area contributed by atoms with Crippen molar-refractivity contribution in [1.29, 1.82) is 0 Å². The normalized spacial score (nSPS) is 13.4. The maximum Gasteiger partial charge on any atom is 0.411 e. The fourth-order valence-corrected chi connectivity index (χ4v) is 0.538. The van der Waals surface area contributed by atoms with Gasteiger partial charge in [-0.2, -0.15) is 22.0 Å². The van der Waals surface area contributed by atoms with Crippen molar-refractivity contribution in [2.24, 2.45) is 0 Å². The van der Waals surface area contributed by atoms with Gasteiger partial charge in [-0.15, -0.1) is 0 Å². The van der Waals surface area contributed by atoms with Crippen LogP contribution in [0.15, 0.2) is 0 Å². The van der Waals surface area contributed by atoms with Gasteiger partial charge in [-0.3, -0.25) is 0 Å². The van der Waals surface area contributed by atoms with E-state index in [-0.39, 0.29) is 6.61 Å². The minimum absolute atomic E-state index is 0.289. The van der Waals surface area contributed by atoms with Gasteiger partial charge in [0.1, 0.15) is 13.2 Å². The van der Waals surface area contributed by atoms with Gasteiger partial charge < -0.3 is 9.47 Å². The minimum Gasteiger partial charge on any atom is -0.363 e. The topological polar surface area (TPSA) is 18.5 Å². The molecule has 0 amide bonds. The second-order valence-electron chi connectivity index (χ2n) is 2.18. The molecule has 2 nitrogen and oxygen atoms in total. The Morgan fingerprint density at radius 3 is 1.92 bits per heavy atom. The fraction of sp³-hybridized carbons (Fsp3) is 1.00. The molecule has 0 aliphatic carbocycles. The highest BCUT2D eigenvalue weighted by Crippen LogP contribution is 2.19. The average molecular weight is 208 g/mol. The number of alkyl halides is 5. The summed E-state index contributed by atoms with van der Waals surface area (Å²) < 4.78 is 66.3. The zero-order chi connectivity index (χ0) is 10.5. The van der Waals surface area contributed by atoms with E-state index in [0.29, 0.717) is 0 Å². The third-order valence-corrected chi connectivity index (χ3v) is 0.891. The van der Waals surface area contributed by atoms with Crippen LogP contribution in [0.25, 0.3) is 0 Å². The van der Waals surface area contributed by atoms with E-state index in [1.54, 1.807) is 0 Å². The van der Waals surface area contributed by atoms with Crippen LogP contribution in [0.5, 0.6) is 0 Å². The first kappa shape index (κ1) is 12.6. The molecule has 0 saturated heterocycles. The third-order valence-electron chi connectivity index (χ3n) is 0.891. The highest BCUT2D eigenvalue weighted by Gasteiger charge is 2.33. The SMILES string of the molecule is CCOC(F)(F)COCC(F)(F)F. The molecule has 80 valence electrons. The molecule has 0 N–H and O–H groups in total. The second kappa shape index (κ2) is 4.71. The van der Waals surface area contributed by atoms with Crippen molar-refractivity contribution in [3.8, 4) is 0 Å². The summed E-state index contributed by atoms with van der Waals surface area (Å²) in [6, 6.07) is 0. The van der Waals surface area contributed by atoms with Crippen molar-refractivity contribution in [3.63, 3.8) is 0 Å². The molecule has 0 aromatic carbocycles. The molecule has 0 aliphatic heterocycles. The Morgan fingerprint density at radius 2 is 1.54 bits per heavy atom. The van der Waals surface area contributed by atoms with Crippen LogP contribution in [0.2, 0.25) is 0 Å². The van der Waals surface area contributed by atoms with Gasteiger partial charge in [0.25, 0.3) is 0 Å². The molecule has 0 unspecified atom stereocenters. The summed E-state index contributed by atoms with van der Waals surface area (Å²) in [7, 11) is 0. The number of ether oxygens (including phenoxy) is 2. The zero-order valence-corrected chi connectivity index (χ0v) is 6.83. The third kappa shape index (κ3) is 7.92. The predicted octanol–water partition coefficient (Wildman–Crippen LogP) is 2.19. The molecular weight excluding hydrogens is 199 g/mol. The molecule has 0 bridgehead atoms. The molecule has 0 aliphatic rings. The van der Waals surface area contributed by atoms with Gasteiger partial charge in [0.2, 0.25) is 0 Å². The molecule has 0 spiro atoms. The number of rotatable bonds is 5. The summed E-state index contributed by atoms with van der Waals surface area (Å²) in [5, 5.41) is 0. The van der Waals surface area contributed by atoms with Crippen molar-refractivity contribution < 1.29 is 31.4 Å². The highest BCUT2D eigenvalue weighted by molar-refractivity contribution is 4.52. The predicted molar refractivity (Wildman–Crippen MR) is 33.4 cm³/mol. The summed E-state index contributed by atoms with van der Waals surface area (Å²) in [6.45, 7) is -2.07. The maximum absolute atomic E-state index is 12.3. The first-order valence-electron chi connectivity index (χ1n) is 3.43. The Labute approximate surface area is 71.6 Å². The second-order valence-corrected chi connectivity index (χ2v) is 2.18. The first-order valence-corrected chi connectivity index (χ1v) is 3.43. The van der Waals surface area contributed by atoms with Crippen LogP contribution >= 0.6 is 0 Å². The standard InChI is InChI=1S/C6H9F5O2/c1-2-13-6(10,11)4-12-3-5(7,8)9/h2-4H2,1H3. The Kier molecular flexibility index (Phi) is 4.55. The zero-order valence-electron chi connectivity index (χ0n) is 6.83. The molecule has 0 aromatic heterocycles. The highest BCUT2D eigenvalue weighted by atomic mass is 19.4. The van der Waals surface area contributed by atoms with Gasteiger partial charge >= 0.3 is 12.3 Å². The lowest BCUT2D eigenvalue weighted by molar-refractivity contribution is -0.275. The minimum atomic E-state index is -4.59. The molecule has 7 heteroatoms. The fourth-order valence-electron chi connectivity index (χ4n) is 0.538. The Balaban J connectivity index is 3.63. The van der Waals surface area contributed by atoms with E-state index in [4.69, 9.17) is 0 Å². The summed E-state index contributed by atoms with van der Waals surface area (Å²) in [5.41, 5.74) is 0. The lowest BCUT2D eigenvalue weighted by Gasteiger charge is -2.16. The molecule has 0 rings (SSSR count). The van der Waals surface area contributed by atoms with Crippen LogP contribution in [-0.2, 0) is 9.47 Å². The summed E-state index contributed by atoms with van der Waals surface area (Å²) >= 11 is 0. The van der Waals surface area contributed by atoms with Gasteiger partial charge in [0.15, 0.2) is 0 Å². The van der Waals surface area contributed by atoms with Crippen molar-refractivity contribution in [2.45, 2.75) is 19.2 Å². The molecule has 0 aromatic rings. The van der Waals surface area contributed by atoms with Crippen molar-refractivity contribution in [3.05, 3.63) is 0 Å². The van der Waals surface area contributed by atoms with Crippen molar-refractivity contribution in [2.75, 3.05) is 19.8 Å². The van der Waals surface area contributed by atoms with Crippen LogP contribution in [0.1, 0.15) is 6.92 Å². The van der Waals surface area contributed by atoms with E-state index in [1.807, 2.05) is 0 Å². The largest absolute Gasteiger partial charge is 0.411 e. The Hall–Kier alpha value is -0.430. The van der Waals surface area contributed by atoms with Crippen LogP contribution in [-0.4, -0.2) is 32.1 Å². The maximum atomic E-state index is 12.3. The van der Waals surface area contributed by atoms with Crippen LogP contribution in [0, 0.1) is 0 Å². The first-order chi connectivity index (χ1) is 5.77. The van der Waals surface area contributed by atoms with Crippen molar-refractivity contribution >= 4 is 0 Å². The Bertz CT molecular complexity index is 144. The van der Waals surface area contributed by atoms with Gasteiger partial charge in [0, 0.05) is 0 Å². The molecule has 0 radical (unpaired) electrons. The number of hydrogen-bond donors (Lipinski definition) is 0. The smallest absolute Gasteiger partial charge is 0.363 e. The van der Waals surface area contributed by atoms with Crippen molar-refractivity contribution in [1.82, 2.24) is 0 Å². The van der Waals surface area contributed by atoms with E-state index in [2.05, 4.69) is 9.47 Å². The molecule has 13 heavy (non-hydrogen) atoms.